The quantitative estimate of drug-likeness (QED) is 0.363. The highest BCUT2D eigenvalue weighted by Crippen LogP contribution is 2.16. The Morgan fingerprint density at radius 1 is 1.46 bits per heavy atom. The molecule has 0 atom stereocenters. The zero-order chi connectivity index (χ0) is 9.84. The van der Waals surface area contributed by atoms with Crippen LogP contribution in [0.3, 0.4) is 0 Å². The van der Waals surface area contributed by atoms with Gasteiger partial charge in [0.15, 0.2) is 5.11 Å². The molecule has 0 saturated carbocycles. The second-order valence-electron chi connectivity index (χ2n) is 2.59. The molecule has 0 aliphatic rings. The Balaban J connectivity index is 3.04. The Bertz CT molecular complexity index is 313. The molecule has 1 rings (SSSR count). The summed E-state index contributed by atoms with van der Waals surface area (Å²) >= 11 is 4.82. The Morgan fingerprint density at radius 2 is 2.08 bits per heavy atom. The number of nitrogens with one attached hydrogen (secondary N) is 1. The minimum atomic E-state index is 0.191. The Morgan fingerprint density at radius 3 is 2.54 bits per heavy atom. The van der Waals surface area contributed by atoms with Crippen molar-refractivity contribution in [2.45, 2.75) is 6.92 Å². The van der Waals surface area contributed by atoms with E-state index in [1.807, 2.05) is 31.2 Å². The molecule has 70 valence electrons. The summed E-state index contributed by atoms with van der Waals surface area (Å²) in [5.41, 5.74) is 9.80. The molecule has 0 aromatic heterocycles. The fraction of sp³-hybridized carbons (Fsp3) is 0.125. The molecule has 5 heteroatoms. The Kier molecular flexibility index (Phi) is 3.18. The number of hydrazine groups is 2. The summed E-state index contributed by atoms with van der Waals surface area (Å²) in [6, 6.07) is 7.67. The molecule has 0 spiro atoms. The van der Waals surface area contributed by atoms with Gasteiger partial charge in [0, 0.05) is 0 Å². The van der Waals surface area contributed by atoms with Gasteiger partial charge in [0.2, 0.25) is 0 Å². The molecule has 0 unspecified atom stereocenters. The number of nitrogens with zero attached hydrogens (tertiary/aromatic N) is 1. The molecule has 5 N–H and O–H groups in total. The summed E-state index contributed by atoms with van der Waals surface area (Å²) in [4.78, 5) is 0. The van der Waals surface area contributed by atoms with Gasteiger partial charge in [-0.25, -0.2) is 5.01 Å². The third-order valence-electron chi connectivity index (χ3n) is 1.71. The lowest BCUT2D eigenvalue weighted by atomic mass is 10.2. The molecular weight excluding hydrogens is 184 g/mol. The Hall–Kier alpha value is -1.17. The number of rotatable bonds is 2. The number of aryl methyl sites for hydroxylation is 1. The first-order valence-electron chi connectivity index (χ1n) is 3.78. The van der Waals surface area contributed by atoms with E-state index in [1.54, 1.807) is 0 Å². The van der Waals surface area contributed by atoms with Crippen LogP contribution in [0.15, 0.2) is 24.3 Å². The average Bonchev–Trinajstić information content (AvgIpc) is 2.09. The second-order valence-corrected chi connectivity index (χ2v) is 3.01. The van der Waals surface area contributed by atoms with Crippen LogP contribution in [0.1, 0.15) is 5.56 Å². The van der Waals surface area contributed by atoms with Gasteiger partial charge in [0.05, 0.1) is 5.69 Å². The van der Waals surface area contributed by atoms with Crippen LogP contribution in [-0.4, -0.2) is 5.11 Å². The maximum absolute atomic E-state index is 5.46. The van der Waals surface area contributed by atoms with E-state index in [9.17, 15) is 0 Å². The SMILES string of the molecule is Cc1ccccc1N(NN)C(N)=S. The van der Waals surface area contributed by atoms with Crippen molar-refractivity contribution < 1.29 is 0 Å². The average molecular weight is 196 g/mol. The van der Waals surface area contributed by atoms with E-state index < -0.39 is 0 Å². The van der Waals surface area contributed by atoms with Crippen molar-refractivity contribution in [2.75, 3.05) is 5.01 Å². The standard InChI is InChI=1S/C8H12N4S/c1-6-4-2-3-5-7(6)12(11-10)8(9)13/h2-5,11H,10H2,1H3,(H2,9,13). The highest BCUT2D eigenvalue weighted by atomic mass is 32.1. The first kappa shape index (κ1) is 9.91. The van der Waals surface area contributed by atoms with Crippen molar-refractivity contribution in [3.8, 4) is 0 Å². The number of anilines is 1. The van der Waals surface area contributed by atoms with Crippen molar-refractivity contribution in [3.63, 3.8) is 0 Å². The van der Waals surface area contributed by atoms with Crippen LogP contribution in [0.2, 0.25) is 0 Å². The van der Waals surface area contributed by atoms with E-state index in [0.29, 0.717) is 0 Å². The fourth-order valence-electron chi connectivity index (χ4n) is 1.07. The largest absolute Gasteiger partial charge is 0.375 e. The maximum Gasteiger partial charge on any atom is 0.186 e. The monoisotopic (exact) mass is 196 g/mol. The lowest BCUT2D eigenvalue weighted by Crippen LogP contribution is -2.50. The predicted molar refractivity (Wildman–Crippen MR) is 57.8 cm³/mol. The number of hydrogen-bond acceptors (Lipinski definition) is 3. The molecule has 0 bridgehead atoms. The van der Waals surface area contributed by atoms with Gasteiger partial charge >= 0.3 is 0 Å². The molecule has 0 radical (unpaired) electrons. The normalized spacial score (nSPS) is 9.69. The lowest BCUT2D eigenvalue weighted by molar-refractivity contribution is 0.775. The van der Waals surface area contributed by atoms with Gasteiger partial charge in [-0.2, -0.15) is 5.53 Å². The summed E-state index contributed by atoms with van der Waals surface area (Å²) in [7, 11) is 0. The van der Waals surface area contributed by atoms with Crippen LogP contribution < -0.4 is 22.1 Å². The van der Waals surface area contributed by atoms with Crippen molar-refractivity contribution in [3.05, 3.63) is 29.8 Å². The third kappa shape index (κ3) is 2.15. The van der Waals surface area contributed by atoms with Crippen molar-refractivity contribution >= 4 is 23.0 Å². The fourth-order valence-corrected chi connectivity index (χ4v) is 1.22. The van der Waals surface area contributed by atoms with Crippen molar-refractivity contribution in [1.82, 2.24) is 5.53 Å². The summed E-state index contributed by atoms with van der Waals surface area (Å²) in [5.74, 6) is 5.28. The highest BCUT2D eigenvalue weighted by molar-refractivity contribution is 7.80. The van der Waals surface area contributed by atoms with Gasteiger partial charge in [-0.15, -0.1) is 0 Å². The van der Waals surface area contributed by atoms with Crippen LogP contribution >= 0.6 is 12.2 Å². The molecule has 0 fully saturated rings. The molecule has 1 aromatic rings. The van der Waals surface area contributed by atoms with Crippen molar-refractivity contribution in [1.29, 1.82) is 0 Å². The van der Waals surface area contributed by atoms with Crippen molar-refractivity contribution in [2.24, 2.45) is 11.6 Å². The molecule has 13 heavy (non-hydrogen) atoms. The van der Waals surface area contributed by atoms with Gasteiger partial charge < -0.3 is 5.73 Å². The first-order valence-corrected chi connectivity index (χ1v) is 4.19. The molecule has 0 aliphatic carbocycles. The van der Waals surface area contributed by atoms with E-state index in [0.717, 1.165) is 11.3 Å². The van der Waals surface area contributed by atoms with Crippen LogP contribution in [0.5, 0.6) is 0 Å². The number of para-hydroxylation sites is 1. The first-order chi connectivity index (χ1) is 6.16. The molecule has 0 aliphatic heterocycles. The van der Waals surface area contributed by atoms with E-state index in [4.69, 9.17) is 23.8 Å². The summed E-state index contributed by atoms with van der Waals surface area (Å²) in [6.45, 7) is 1.96. The number of thiocarbonyl (C=S) groups is 1. The van der Waals surface area contributed by atoms with Crippen LogP contribution in [0.25, 0.3) is 0 Å². The van der Waals surface area contributed by atoms with E-state index in [-0.39, 0.29) is 5.11 Å². The summed E-state index contributed by atoms with van der Waals surface area (Å²) < 4.78 is 0. The van der Waals surface area contributed by atoms with E-state index in [2.05, 4.69) is 5.53 Å². The van der Waals surface area contributed by atoms with Gasteiger partial charge in [0.1, 0.15) is 0 Å². The minimum absolute atomic E-state index is 0.191. The van der Waals surface area contributed by atoms with Gasteiger partial charge in [-0.05, 0) is 30.8 Å². The maximum atomic E-state index is 5.46. The molecule has 0 heterocycles. The zero-order valence-corrected chi connectivity index (χ0v) is 8.14. The van der Waals surface area contributed by atoms with E-state index >= 15 is 0 Å². The van der Waals surface area contributed by atoms with Crippen LogP contribution in [0.4, 0.5) is 5.69 Å². The molecule has 0 amide bonds. The third-order valence-corrected chi connectivity index (χ3v) is 1.89. The smallest absolute Gasteiger partial charge is 0.186 e. The molecular formula is C8H12N4S. The summed E-state index contributed by atoms with van der Waals surface area (Å²) in [5, 5.41) is 1.64. The predicted octanol–water partition coefficient (Wildman–Crippen LogP) is 0.423. The van der Waals surface area contributed by atoms with Gasteiger partial charge in [-0.1, -0.05) is 18.2 Å². The van der Waals surface area contributed by atoms with Crippen LogP contribution in [0, 0.1) is 6.92 Å². The Labute approximate surface area is 82.4 Å². The summed E-state index contributed by atoms with van der Waals surface area (Å²) in [6.07, 6.45) is 0. The van der Waals surface area contributed by atoms with E-state index in [1.165, 1.54) is 5.01 Å². The molecule has 0 saturated heterocycles. The van der Waals surface area contributed by atoms with Gasteiger partial charge in [-0.3, -0.25) is 5.84 Å². The zero-order valence-electron chi connectivity index (χ0n) is 7.32. The van der Waals surface area contributed by atoms with Crippen LogP contribution in [-0.2, 0) is 0 Å². The molecule has 4 nitrogen and oxygen atoms in total. The topological polar surface area (TPSA) is 67.3 Å². The number of benzene rings is 1. The number of hydrogen-bond donors (Lipinski definition) is 3. The second kappa shape index (κ2) is 4.18. The van der Waals surface area contributed by atoms with Gasteiger partial charge in [0.25, 0.3) is 0 Å². The highest BCUT2D eigenvalue weighted by Gasteiger charge is 2.08. The minimum Gasteiger partial charge on any atom is -0.375 e. The molecule has 1 aromatic carbocycles. The number of nitrogens with two attached hydrogens (primary N) is 2. The lowest BCUT2D eigenvalue weighted by Gasteiger charge is -2.22.